The van der Waals surface area contributed by atoms with E-state index in [1.54, 1.807) is 24.1 Å². The van der Waals surface area contributed by atoms with Gasteiger partial charge in [-0.2, -0.15) is 4.98 Å². The van der Waals surface area contributed by atoms with Crippen LogP contribution in [0.3, 0.4) is 0 Å². The van der Waals surface area contributed by atoms with Crippen LogP contribution >= 0.6 is 0 Å². The van der Waals surface area contributed by atoms with Crippen LogP contribution in [0.2, 0.25) is 0 Å². The average molecular weight is 339 g/mol. The molecule has 1 heterocycles. The van der Waals surface area contributed by atoms with Crippen molar-refractivity contribution in [3.05, 3.63) is 71.9 Å². The van der Waals surface area contributed by atoms with Crippen LogP contribution in [0, 0.1) is 5.82 Å². The number of aromatic nitrogens is 2. The van der Waals surface area contributed by atoms with E-state index in [0.29, 0.717) is 30.2 Å². The molecule has 2 aromatic carbocycles. The number of rotatable bonds is 6. The van der Waals surface area contributed by atoms with Crippen LogP contribution in [0.4, 0.5) is 4.39 Å². The molecular weight excluding hydrogens is 321 g/mol. The lowest BCUT2D eigenvalue weighted by atomic mass is 10.2. The Morgan fingerprint density at radius 2 is 1.96 bits per heavy atom. The number of halogens is 1. The second-order valence-corrected chi connectivity index (χ2v) is 5.76. The molecule has 0 N–H and O–H groups in total. The van der Waals surface area contributed by atoms with Crippen molar-refractivity contribution < 1.29 is 13.7 Å². The molecule has 6 heteroatoms. The predicted molar refractivity (Wildman–Crippen MR) is 90.9 cm³/mol. The van der Waals surface area contributed by atoms with Crippen molar-refractivity contribution in [3.8, 4) is 11.4 Å². The van der Waals surface area contributed by atoms with Crippen molar-refractivity contribution in [2.24, 2.45) is 0 Å². The van der Waals surface area contributed by atoms with Gasteiger partial charge >= 0.3 is 0 Å². The Labute approximate surface area is 145 Å². The summed E-state index contributed by atoms with van der Waals surface area (Å²) in [7, 11) is 1.77. The molecular formula is C19H18FN3O2. The zero-order valence-corrected chi connectivity index (χ0v) is 13.9. The third-order valence-corrected chi connectivity index (χ3v) is 3.79. The zero-order valence-electron chi connectivity index (χ0n) is 13.9. The average Bonchev–Trinajstić information content (AvgIpc) is 3.09. The molecule has 25 heavy (non-hydrogen) atoms. The fourth-order valence-electron chi connectivity index (χ4n) is 2.45. The number of hydrogen-bond acceptors (Lipinski definition) is 4. The highest BCUT2D eigenvalue weighted by Gasteiger charge is 2.14. The molecule has 0 aliphatic rings. The summed E-state index contributed by atoms with van der Waals surface area (Å²) in [6.45, 7) is 0.554. The van der Waals surface area contributed by atoms with Gasteiger partial charge in [-0.3, -0.25) is 4.79 Å². The van der Waals surface area contributed by atoms with E-state index in [0.717, 1.165) is 5.56 Å². The molecule has 5 nitrogen and oxygen atoms in total. The SMILES string of the molecule is CN(Cc1ccccc1)C(=O)CCc1nc(-c2cccc(F)c2)no1. The normalized spacial score (nSPS) is 10.6. The molecule has 0 unspecified atom stereocenters. The molecule has 0 aliphatic heterocycles. The lowest BCUT2D eigenvalue weighted by molar-refractivity contribution is -0.130. The van der Waals surface area contributed by atoms with Crippen molar-refractivity contribution in [1.82, 2.24) is 15.0 Å². The van der Waals surface area contributed by atoms with E-state index < -0.39 is 0 Å². The van der Waals surface area contributed by atoms with Gasteiger partial charge in [-0.25, -0.2) is 4.39 Å². The predicted octanol–water partition coefficient (Wildman–Crippen LogP) is 3.47. The Morgan fingerprint density at radius 3 is 2.72 bits per heavy atom. The molecule has 0 fully saturated rings. The zero-order chi connectivity index (χ0) is 17.6. The number of benzene rings is 2. The van der Waals surface area contributed by atoms with Gasteiger partial charge in [0.2, 0.25) is 17.6 Å². The summed E-state index contributed by atoms with van der Waals surface area (Å²) in [4.78, 5) is 18.1. The van der Waals surface area contributed by atoms with E-state index in [1.807, 2.05) is 30.3 Å². The smallest absolute Gasteiger partial charge is 0.227 e. The van der Waals surface area contributed by atoms with E-state index in [9.17, 15) is 9.18 Å². The number of amides is 1. The lowest BCUT2D eigenvalue weighted by Gasteiger charge is -2.16. The highest BCUT2D eigenvalue weighted by Crippen LogP contribution is 2.17. The van der Waals surface area contributed by atoms with Crippen molar-refractivity contribution >= 4 is 5.91 Å². The third kappa shape index (κ3) is 4.50. The van der Waals surface area contributed by atoms with Gasteiger partial charge in [0.05, 0.1) is 0 Å². The second kappa shape index (κ2) is 7.70. The van der Waals surface area contributed by atoms with Crippen LogP contribution in [0.5, 0.6) is 0 Å². The second-order valence-electron chi connectivity index (χ2n) is 5.76. The minimum Gasteiger partial charge on any atom is -0.341 e. The van der Waals surface area contributed by atoms with E-state index in [-0.39, 0.29) is 18.1 Å². The third-order valence-electron chi connectivity index (χ3n) is 3.79. The summed E-state index contributed by atoms with van der Waals surface area (Å²) < 4.78 is 18.4. The van der Waals surface area contributed by atoms with Gasteiger partial charge in [-0.15, -0.1) is 0 Å². The van der Waals surface area contributed by atoms with E-state index >= 15 is 0 Å². The first-order chi connectivity index (χ1) is 12.1. The van der Waals surface area contributed by atoms with Gasteiger partial charge in [0.25, 0.3) is 0 Å². The first-order valence-corrected chi connectivity index (χ1v) is 7.98. The van der Waals surface area contributed by atoms with E-state index in [1.165, 1.54) is 12.1 Å². The molecule has 1 aromatic heterocycles. The Morgan fingerprint density at radius 1 is 1.16 bits per heavy atom. The molecule has 0 saturated carbocycles. The van der Waals surface area contributed by atoms with Crippen LogP contribution in [-0.2, 0) is 17.8 Å². The lowest BCUT2D eigenvalue weighted by Crippen LogP contribution is -2.26. The summed E-state index contributed by atoms with van der Waals surface area (Å²) in [6.07, 6.45) is 0.619. The standard InChI is InChI=1S/C19H18FN3O2/c1-23(13-14-6-3-2-4-7-14)18(24)11-10-17-21-19(22-25-17)15-8-5-9-16(20)12-15/h2-9,12H,10-11,13H2,1H3. The summed E-state index contributed by atoms with van der Waals surface area (Å²) >= 11 is 0. The molecule has 0 aliphatic carbocycles. The molecule has 0 bridgehead atoms. The van der Waals surface area contributed by atoms with Crippen molar-refractivity contribution in [1.29, 1.82) is 0 Å². The summed E-state index contributed by atoms with van der Waals surface area (Å²) in [5.74, 6) is 0.316. The summed E-state index contributed by atoms with van der Waals surface area (Å²) in [5, 5.41) is 3.84. The molecule has 0 saturated heterocycles. The molecule has 0 atom stereocenters. The van der Waals surface area contributed by atoms with Gasteiger partial charge in [0.1, 0.15) is 5.82 Å². The Hall–Kier alpha value is -3.02. The molecule has 128 valence electrons. The highest BCUT2D eigenvalue weighted by molar-refractivity contribution is 5.76. The largest absolute Gasteiger partial charge is 0.341 e. The highest BCUT2D eigenvalue weighted by atomic mass is 19.1. The number of carbonyl (C=O) groups excluding carboxylic acids is 1. The van der Waals surface area contributed by atoms with Crippen LogP contribution in [0.1, 0.15) is 17.9 Å². The van der Waals surface area contributed by atoms with Crippen LogP contribution in [-0.4, -0.2) is 28.0 Å². The van der Waals surface area contributed by atoms with E-state index in [2.05, 4.69) is 10.1 Å². The maximum atomic E-state index is 13.2. The van der Waals surface area contributed by atoms with Gasteiger partial charge in [-0.05, 0) is 17.7 Å². The Bertz CT molecular complexity index is 849. The van der Waals surface area contributed by atoms with Crippen LogP contribution in [0.15, 0.2) is 59.1 Å². The minimum absolute atomic E-state index is 0.00522. The van der Waals surface area contributed by atoms with Gasteiger partial charge in [-0.1, -0.05) is 47.6 Å². The van der Waals surface area contributed by atoms with Gasteiger partial charge in [0, 0.05) is 32.0 Å². The number of aryl methyl sites for hydroxylation is 1. The quantitative estimate of drug-likeness (QED) is 0.690. The first kappa shape index (κ1) is 16.8. The maximum Gasteiger partial charge on any atom is 0.227 e. The summed E-state index contributed by atoms with van der Waals surface area (Å²) in [6, 6.07) is 15.8. The Kier molecular flexibility index (Phi) is 5.18. The molecule has 1 amide bonds. The van der Waals surface area contributed by atoms with E-state index in [4.69, 9.17) is 4.52 Å². The minimum atomic E-state index is -0.360. The maximum absolute atomic E-state index is 13.2. The molecule has 0 spiro atoms. The molecule has 3 rings (SSSR count). The fourth-order valence-corrected chi connectivity index (χ4v) is 2.45. The van der Waals surface area contributed by atoms with Crippen LogP contribution in [0.25, 0.3) is 11.4 Å². The van der Waals surface area contributed by atoms with Gasteiger partial charge in [0.15, 0.2) is 0 Å². The summed E-state index contributed by atoms with van der Waals surface area (Å²) in [5.41, 5.74) is 1.62. The Balaban J connectivity index is 1.56. The first-order valence-electron chi connectivity index (χ1n) is 7.98. The fraction of sp³-hybridized carbons (Fsp3) is 0.211. The number of nitrogens with zero attached hydrogens (tertiary/aromatic N) is 3. The van der Waals surface area contributed by atoms with Crippen molar-refractivity contribution in [3.63, 3.8) is 0 Å². The number of hydrogen-bond donors (Lipinski definition) is 0. The molecule has 0 radical (unpaired) electrons. The number of carbonyl (C=O) groups is 1. The topological polar surface area (TPSA) is 59.2 Å². The van der Waals surface area contributed by atoms with Gasteiger partial charge < -0.3 is 9.42 Å². The van der Waals surface area contributed by atoms with Crippen molar-refractivity contribution in [2.75, 3.05) is 7.05 Å². The molecule has 3 aromatic rings. The van der Waals surface area contributed by atoms with Crippen LogP contribution < -0.4 is 0 Å². The monoisotopic (exact) mass is 339 g/mol. The van der Waals surface area contributed by atoms with Crippen molar-refractivity contribution in [2.45, 2.75) is 19.4 Å².